The minimum Gasteiger partial charge on any atom is -0.288 e. The van der Waals surface area contributed by atoms with Crippen molar-refractivity contribution in [2.75, 3.05) is 0 Å². The normalized spacial score (nSPS) is 10.4. The third kappa shape index (κ3) is 2.25. The fourth-order valence-electron chi connectivity index (χ4n) is 1.49. The molecule has 18 heavy (non-hydrogen) atoms. The van der Waals surface area contributed by atoms with Crippen molar-refractivity contribution in [1.29, 1.82) is 0 Å². The van der Waals surface area contributed by atoms with E-state index in [1.54, 1.807) is 0 Å². The van der Waals surface area contributed by atoms with Gasteiger partial charge in [-0.05, 0) is 30.3 Å². The molecule has 0 aliphatic rings. The second kappa shape index (κ2) is 4.60. The SMILES string of the molecule is O=C(c1ccc(F)cc1F)c1cc(F)ccc1F. The molecule has 0 N–H and O–H groups in total. The Kier molecular flexibility index (Phi) is 3.14. The Morgan fingerprint density at radius 2 is 1.33 bits per heavy atom. The predicted octanol–water partition coefficient (Wildman–Crippen LogP) is 3.47. The van der Waals surface area contributed by atoms with E-state index in [0.29, 0.717) is 12.1 Å². The number of rotatable bonds is 2. The molecule has 0 bridgehead atoms. The van der Waals surface area contributed by atoms with Crippen molar-refractivity contribution in [1.82, 2.24) is 0 Å². The molecule has 2 aromatic rings. The molecule has 0 aliphatic carbocycles. The Morgan fingerprint density at radius 3 is 2.00 bits per heavy atom. The lowest BCUT2D eigenvalue weighted by Crippen LogP contribution is -2.07. The number of hydrogen-bond acceptors (Lipinski definition) is 1. The third-order valence-electron chi connectivity index (χ3n) is 2.35. The summed E-state index contributed by atoms with van der Waals surface area (Å²) >= 11 is 0. The van der Waals surface area contributed by atoms with Crippen LogP contribution in [0.5, 0.6) is 0 Å². The van der Waals surface area contributed by atoms with E-state index in [9.17, 15) is 22.4 Å². The van der Waals surface area contributed by atoms with E-state index < -0.39 is 40.2 Å². The summed E-state index contributed by atoms with van der Waals surface area (Å²) in [5.41, 5.74) is -1.11. The number of hydrogen-bond donors (Lipinski definition) is 0. The lowest BCUT2D eigenvalue weighted by Gasteiger charge is -2.04. The Hall–Kier alpha value is -2.17. The summed E-state index contributed by atoms with van der Waals surface area (Å²) in [6.45, 7) is 0. The molecule has 1 nitrogen and oxygen atoms in total. The van der Waals surface area contributed by atoms with Crippen molar-refractivity contribution in [3.63, 3.8) is 0 Å². The highest BCUT2D eigenvalue weighted by Crippen LogP contribution is 2.18. The van der Waals surface area contributed by atoms with Gasteiger partial charge in [-0.1, -0.05) is 0 Å². The number of carbonyl (C=O) groups excluding carboxylic acids is 1. The maximum absolute atomic E-state index is 13.3. The molecule has 0 unspecified atom stereocenters. The Balaban J connectivity index is 2.51. The van der Waals surface area contributed by atoms with Crippen LogP contribution >= 0.6 is 0 Å². The van der Waals surface area contributed by atoms with E-state index in [4.69, 9.17) is 0 Å². The van der Waals surface area contributed by atoms with Crippen LogP contribution in [-0.4, -0.2) is 5.78 Å². The van der Waals surface area contributed by atoms with Gasteiger partial charge in [-0.25, -0.2) is 17.6 Å². The lowest BCUT2D eigenvalue weighted by atomic mass is 10.0. The molecule has 0 heterocycles. The van der Waals surface area contributed by atoms with Crippen LogP contribution in [0.25, 0.3) is 0 Å². The van der Waals surface area contributed by atoms with Crippen LogP contribution in [0.1, 0.15) is 15.9 Å². The van der Waals surface area contributed by atoms with E-state index in [2.05, 4.69) is 0 Å². The summed E-state index contributed by atoms with van der Waals surface area (Å²) in [4.78, 5) is 11.8. The number of carbonyl (C=O) groups is 1. The first-order valence-corrected chi connectivity index (χ1v) is 4.94. The summed E-state index contributed by atoms with van der Waals surface area (Å²) in [5, 5.41) is 0. The smallest absolute Gasteiger partial charge is 0.199 e. The van der Waals surface area contributed by atoms with Gasteiger partial charge in [0, 0.05) is 6.07 Å². The molecule has 0 fully saturated rings. The zero-order chi connectivity index (χ0) is 13.3. The van der Waals surface area contributed by atoms with Crippen LogP contribution in [0, 0.1) is 23.3 Å². The quantitative estimate of drug-likeness (QED) is 0.592. The third-order valence-corrected chi connectivity index (χ3v) is 2.35. The highest BCUT2D eigenvalue weighted by atomic mass is 19.1. The van der Waals surface area contributed by atoms with Crippen LogP contribution in [0.15, 0.2) is 36.4 Å². The van der Waals surface area contributed by atoms with Crippen LogP contribution in [0.2, 0.25) is 0 Å². The highest BCUT2D eigenvalue weighted by Gasteiger charge is 2.18. The summed E-state index contributed by atoms with van der Waals surface area (Å²) in [7, 11) is 0. The number of benzene rings is 2. The fraction of sp³-hybridized carbons (Fsp3) is 0. The fourth-order valence-corrected chi connectivity index (χ4v) is 1.49. The maximum atomic E-state index is 13.3. The molecular formula is C13H6F4O. The molecule has 92 valence electrons. The zero-order valence-electron chi connectivity index (χ0n) is 8.88. The van der Waals surface area contributed by atoms with Crippen molar-refractivity contribution in [2.45, 2.75) is 0 Å². The summed E-state index contributed by atoms with van der Waals surface area (Å²) < 4.78 is 52.3. The summed E-state index contributed by atoms with van der Waals surface area (Å²) in [6.07, 6.45) is 0. The first-order chi connectivity index (χ1) is 8.49. The lowest BCUT2D eigenvalue weighted by molar-refractivity contribution is 0.103. The molecule has 2 aromatic carbocycles. The number of halogens is 4. The van der Waals surface area contributed by atoms with Gasteiger partial charge in [-0.3, -0.25) is 4.79 Å². The predicted molar refractivity (Wildman–Crippen MR) is 56.1 cm³/mol. The molecule has 2 rings (SSSR count). The van der Waals surface area contributed by atoms with Gasteiger partial charge in [0.05, 0.1) is 11.1 Å². The molecular weight excluding hydrogens is 248 g/mol. The molecule has 0 saturated heterocycles. The Labute approximate surface area is 99.7 Å². The number of ketones is 1. The molecule has 0 saturated carbocycles. The topological polar surface area (TPSA) is 17.1 Å². The first-order valence-electron chi connectivity index (χ1n) is 4.94. The van der Waals surface area contributed by atoms with E-state index in [-0.39, 0.29) is 0 Å². The van der Waals surface area contributed by atoms with Crippen LogP contribution in [0.3, 0.4) is 0 Å². The van der Waals surface area contributed by atoms with Gasteiger partial charge in [0.2, 0.25) is 0 Å². The average molecular weight is 254 g/mol. The van der Waals surface area contributed by atoms with E-state index in [0.717, 1.165) is 24.3 Å². The van der Waals surface area contributed by atoms with Gasteiger partial charge in [-0.15, -0.1) is 0 Å². The molecule has 0 radical (unpaired) electrons. The van der Waals surface area contributed by atoms with Gasteiger partial charge in [-0.2, -0.15) is 0 Å². The minimum atomic E-state index is -1.12. The van der Waals surface area contributed by atoms with Crippen molar-refractivity contribution >= 4 is 5.78 Å². The van der Waals surface area contributed by atoms with Gasteiger partial charge in [0.25, 0.3) is 0 Å². The monoisotopic (exact) mass is 254 g/mol. The van der Waals surface area contributed by atoms with Gasteiger partial charge < -0.3 is 0 Å². The molecule has 0 aliphatic heterocycles. The largest absolute Gasteiger partial charge is 0.288 e. The van der Waals surface area contributed by atoms with Crippen LogP contribution in [0.4, 0.5) is 17.6 Å². The molecule has 0 amide bonds. The van der Waals surface area contributed by atoms with Gasteiger partial charge in [0.15, 0.2) is 5.78 Å². The first kappa shape index (κ1) is 12.3. The van der Waals surface area contributed by atoms with Crippen molar-refractivity contribution in [2.24, 2.45) is 0 Å². The molecule has 5 heteroatoms. The van der Waals surface area contributed by atoms with Crippen LogP contribution in [-0.2, 0) is 0 Å². The van der Waals surface area contributed by atoms with Gasteiger partial charge >= 0.3 is 0 Å². The van der Waals surface area contributed by atoms with Crippen molar-refractivity contribution < 1.29 is 22.4 Å². The van der Waals surface area contributed by atoms with Crippen molar-refractivity contribution in [3.05, 3.63) is 70.8 Å². The average Bonchev–Trinajstić information content (AvgIpc) is 2.31. The molecule has 0 spiro atoms. The van der Waals surface area contributed by atoms with Crippen molar-refractivity contribution in [3.8, 4) is 0 Å². The zero-order valence-corrected chi connectivity index (χ0v) is 8.88. The Morgan fingerprint density at radius 1 is 0.722 bits per heavy atom. The highest BCUT2D eigenvalue weighted by molar-refractivity contribution is 6.09. The van der Waals surface area contributed by atoms with E-state index >= 15 is 0 Å². The van der Waals surface area contributed by atoms with Crippen LogP contribution < -0.4 is 0 Å². The van der Waals surface area contributed by atoms with Gasteiger partial charge in [0.1, 0.15) is 23.3 Å². The molecule has 0 aromatic heterocycles. The summed E-state index contributed by atoms with van der Waals surface area (Å²) in [6, 6.07) is 4.53. The second-order valence-corrected chi connectivity index (χ2v) is 3.58. The summed E-state index contributed by atoms with van der Waals surface area (Å²) in [5.74, 6) is -4.80. The van der Waals surface area contributed by atoms with E-state index in [1.807, 2.05) is 0 Å². The minimum absolute atomic E-state index is 0.504. The Bertz CT molecular complexity index is 622. The maximum Gasteiger partial charge on any atom is 0.199 e. The van der Waals surface area contributed by atoms with E-state index in [1.165, 1.54) is 0 Å². The molecule has 0 atom stereocenters. The second-order valence-electron chi connectivity index (χ2n) is 3.58. The standard InChI is InChI=1S/C13H6F4O/c14-7-2-4-11(16)10(5-7)13(18)9-3-1-8(15)6-12(9)17/h1-6H.